The van der Waals surface area contributed by atoms with Gasteiger partial charge in [0.05, 0.1) is 34.6 Å². The summed E-state index contributed by atoms with van der Waals surface area (Å²) in [6, 6.07) is 7.30. The summed E-state index contributed by atoms with van der Waals surface area (Å²) < 4.78 is 1.58. The smallest absolute Gasteiger partial charge is 0.243 e. The molecule has 32 heavy (non-hydrogen) atoms. The number of nitrogens with zero attached hydrogens (tertiary/aromatic N) is 5. The molecule has 3 aromatic rings. The molecule has 1 unspecified atom stereocenters. The fraction of sp³-hybridized carbons (Fsp3) is 0.409. The minimum absolute atomic E-state index is 0.154. The standard InChI is InChI=1S/C22H26N6O3S/c1-14(9-27-12-23-11-26-27)22(31)28-10-18(29)7-19(28)21(30)24-8-16-3-5-17(6-4-16)20-15(2)25-13-32-20/h3-6,11-14,18-19,29H,7-10H2,1-2H3,(H,24,30)/t14?,18-,19+/m1/s1. The highest BCUT2D eigenvalue weighted by Crippen LogP contribution is 2.27. The van der Waals surface area contributed by atoms with Crippen molar-refractivity contribution in [3.05, 3.63) is 53.7 Å². The Labute approximate surface area is 190 Å². The average Bonchev–Trinajstić information content (AvgIpc) is 3.53. The number of aliphatic hydroxyl groups is 1. The van der Waals surface area contributed by atoms with Gasteiger partial charge in [-0.2, -0.15) is 5.10 Å². The number of aliphatic hydroxyl groups excluding tert-OH is 1. The van der Waals surface area contributed by atoms with Gasteiger partial charge in [0, 0.05) is 19.5 Å². The summed E-state index contributed by atoms with van der Waals surface area (Å²) in [5.74, 6) is -0.827. The molecule has 0 radical (unpaired) electrons. The molecule has 0 aliphatic carbocycles. The van der Waals surface area contributed by atoms with Crippen molar-refractivity contribution in [2.45, 2.75) is 45.5 Å². The molecule has 2 amide bonds. The fourth-order valence-electron chi connectivity index (χ4n) is 3.93. The molecule has 4 rings (SSSR count). The zero-order valence-electron chi connectivity index (χ0n) is 18.0. The monoisotopic (exact) mass is 454 g/mol. The van der Waals surface area contributed by atoms with Crippen LogP contribution in [0.5, 0.6) is 0 Å². The van der Waals surface area contributed by atoms with Gasteiger partial charge >= 0.3 is 0 Å². The number of aromatic nitrogens is 4. The molecule has 10 heteroatoms. The molecule has 3 heterocycles. The first kappa shape index (κ1) is 22.1. The topological polar surface area (TPSA) is 113 Å². The fourth-order valence-corrected chi connectivity index (χ4v) is 4.75. The lowest BCUT2D eigenvalue weighted by atomic mass is 10.1. The summed E-state index contributed by atoms with van der Waals surface area (Å²) in [5, 5.41) is 17.1. The van der Waals surface area contributed by atoms with Crippen LogP contribution in [0.15, 0.2) is 42.4 Å². The minimum atomic E-state index is -0.713. The van der Waals surface area contributed by atoms with Gasteiger partial charge in [-0.1, -0.05) is 31.2 Å². The molecular formula is C22H26N6O3S. The summed E-state index contributed by atoms with van der Waals surface area (Å²) in [6.45, 7) is 4.64. The number of thiazole rings is 1. The van der Waals surface area contributed by atoms with Crippen molar-refractivity contribution in [3.63, 3.8) is 0 Å². The number of nitrogens with one attached hydrogen (secondary N) is 1. The summed E-state index contributed by atoms with van der Waals surface area (Å²) >= 11 is 1.60. The largest absolute Gasteiger partial charge is 0.391 e. The van der Waals surface area contributed by atoms with Crippen molar-refractivity contribution in [3.8, 4) is 10.4 Å². The van der Waals surface area contributed by atoms with Crippen molar-refractivity contribution in [2.75, 3.05) is 6.54 Å². The number of hydrogen-bond donors (Lipinski definition) is 2. The Kier molecular flexibility index (Phi) is 6.61. The number of carbonyl (C=O) groups excluding carboxylic acids is 2. The van der Waals surface area contributed by atoms with E-state index in [1.165, 1.54) is 11.2 Å². The van der Waals surface area contributed by atoms with Gasteiger partial charge in [-0.05, 0) is 18.1 Å². The third kappa shape index (κ3) is 4.86. The van der Waals surface area contributed by atoms with Gasteiger partial charge in [-0.25, -0.2) is 9.97 Å². The molecule has 1 aliphatic heterocycles. The van der Waals surface area contributed by atoms with Gasteiger partial charge in [0.1, 0.15) is 18.7 Å². The molecule has 0 spiro atoms. The zero-order valence-corrected chi connectivity index (χ0v) is 18.8. The first-order valence-electron chi connectivity index (χ1n) is 10.5. The highest BCUT2D eigenvalue weighted by atomic mass is 32.1. The second-order valence-corrected chi connectivity index (χ2v) is 8.95. The average molecular weight is 455 g/mol. The van der Waals surface area contributed by atoms with Crippen LogP contribution in [-0.2, 0) is 22.7 Å². The highest BCUT2D eigenvalue weighted by molar-refractivity contribution is 7.13. The van der Waals surface area contributed by atoms with Crippen LogP contribution in [0.3, 0.4) is 0 Å². The summed E-state index contributed by atoms with van der Waals surface area (Å²) in [7, 11) is 0. The van der Waals surface area contributed by atoms with Crippen LogP contribution < -0.4 is 5.32 Å². The minimum Gasteiger partial charge on any atom is -0.391 e. The molecule has 9 nitrogen and oxygen atoms in total. The van der Waals surface area contributed by atoms with Crippen molar-refractivity contribution < 1.29 is 14.7 Å². The Morgan fingerprint density at radius 2 is 2.09 bits per heavy atom. The molecular weight excluding hydrogens is 428 g/mol. The second kappa shape index (κ2) is 9.58. The number of benzene rings is 1. The SMILES string of the molecule is Cc1ncsc1-c1ccc(CNC(=O)[C@@H]2C[C@@H](O)CN2C(=O)C(C)Cn2cncn2)cc1. The number of likely N-dealkylation sites (tertiary alicyclic amines) is 1. The predicted molar refractivity (Wildman–Crippen MR) is 119 cm³/mol. The van der Waals surface area contributed by atoms with E-state index in [1.54, 1.807) is 29.3 Å². The lowest BCUT2D eigenvalue weighted by molar-refractivity contribution is -0.141. The number of hydrogen-bond acceptors (Lipinski definition) is 7. The van der Waals surface area contributed by atoms with E-state index >= 15 is 0 Å². The molecule has 1 saturated heterocycles. The first-order chi connectivity index (χ1) is 15.4. The maximum Gasteiger partial charge on any atom is 0.243 e. The lowest BCUT2D eigenvalue weighted by Crippen LogP contribution is -2.47. The van der Waals surface area contributed by atoms with E-state index < -0.39 is 12.1 Å². The molecule has 0 saturated carbocycles. The van der Waals surface area contributed by atoms with E-state index in [-0.39, 0.29) is 30.7 Å². The van der Waals surface area contributed by atoms with Gasteiger partial charge in [-0.3, -0.25) is 14.3 Å². The maximum absolute atomic E-state index is 13.0. The van der Waals surface area contributed by atoms with E-state index in [2.05, 4.69) is 20.4 Å². The Morgan fingerprint density at radius 1 is 1.31 bits per heavy atom. The van der Waals surface area contributed by atoms with E-state index in [9.17, 15) is 14.7 Å². The third-order valence-electron chi connectivity index (χ3n) is 5.64. The molecule has 1 aromatic carbocycles. The van der Waals surface area contributed by atoms with E-state index in [0.717, 1.165) is 21.7 Å². The molecule has 1 aliphatic rings. The van der Waals surface area contributed by atoms with Crippen LogP contribution in [0.1, 0.15) is 24.6 Å². The first-order valence-corrected chi connectivity index (χ1v) is 11.4. The molecule has 168 valence electrons. The molecule has 0 bridgehead atoms. The maximum atomic E-state index is 13.0. The van der Waals surface area contributed by atoms with Crippen molar-refractivity contribution >= 4 is 23.2 Å². The molecule has 2 N–H and O–H groups in total. The molecule has 3 atom stereocenters. The Bertz CT molecular complexity index is 1070. The van der Waals surface area contributed by atoms with Crippen molar-refractivity contribution in [1.82, 2.24) is 30.0 Å². The van der Waals surface area contributed by atoms with Gasteiger partial charge in [0.15, 0.2) is 0 Å². The van der Waals surface area contributed by atoms with Gasteiger partial charge in [0.2, 0.25) is 11.8 Å². The third-order valence-corrected chi connectivity index (χ3v) is 6.62. The second-order valence-electron chi connectivity index (χ2n) is 8.10. The number of β-amino-alcohol motifs (C(OH)–C–C–N with tert-alkyl or cyclic N) is 1. The van der Waals surface area contributed by atoms with Gasteiger partial charge < -0.3 is 15.3 Å². The van der Waals surface area contributed by atoms with Crippen LogP contribution in [0.2, 0.25) is 0 Å². The predicted octanol–water partition coefficient (Wildman–Crippen LogP) is 1.62. The molecule has 2 aromatic heterocycles. The van der Waals surface area contributed by atoms with Crippen LogP contribution >= 0.6 is 11.3 Å². The summed E-state index contributed by atoms with van der Waals surface area (Å²) in [5.41, 5.74) is 4.88. The highest BCUT2D eigenvalue weighted by Gasteiger charge is 2.40. The van der Waals surface area contributed by atoms with Gasteiger partial charge in [0.25, 0.3) is 0 Å². The molecule has 1 fully saturated rings. The quantitative estimate of drug-likeness (QED) is 0.561. The zero-order chi connectivity index (χ0) is 22.7. The van der Waals surface area contributed by atoms with Gasteiger partial charge in [-0.15, -0.1) is 11.3 Å². The number of carbonyl (C=O) groups is 2. The van der Waals surface area contributed by atoms with E-state index in [0.29, 0.717) is 13.1 Å². The Hall–Kier alpha value is -3.11. The Morgan fingerprint density at radius 3 is 2.75 bits per heavy atom. The summed E-state index contributed by atoms with van der Waals surface area (Å²) in [6.07, 6.45) is 2.49. The van der Waals surface area contributed by atoms with E-state index in [1.807, 2.05) is 36.7 Å². The van der Waals surface area contributed by atoms with Crippen LogP contribution in [0, 0.1) is 12.8 Å². The Balaban J connectivity index is 1.36. The van der Waals surface area contributed by atoms with Crippen molar-refractivity contribution in [1.29, 1.82) is 0 Å². The van der Waals surface area contributed by atoms with Crippen LogP contribution in [0.25, 0.3) is 10.4 Å². The lowest BCUT2D eigenvalue weighted by Gasteiger charge is -2.26. The van der Waals surface area contributed by atoms with Crippen molar-refractivity contribution in [2.24, 2.45) is 5.92 Å². The number of amides is 2. The number of rotatable bonds is 7. The van der Waals surface area contributed by atoms with Crippen LogP contribution in [0.4, 0.5) is 0 Å². The number of aryl methyl sites for hydroxylation is 1. The normalized spacial score (nSPS) is 19.2. The van der Waals surface area contributed by atoms with E-state index in [4.69, 9.17) is 0 Å². The summed E-state index contributed by atoms with van der Waals surface area (Å²) in [4.78, 5) is 36.6. The van der Waals surface area contributed by atoms with Crippen LogP contribution in [-0.4, -0.2) is 60.3 Å².